The van der Waals surface area contributed by atoms with Gasteiger partial charge in [0.1, 0.15) is 0 Å². The van der Waals surface area contributed by atoms with E-state index in [1.165, 1.54) is 0 Å². The van der Waals surface area contributed by atoms with Gasteiger partial charge in [-0.3, -0.25) is 4.79 Å². The van der Waals surface area contributed by atoms with E-state index in [0.717, 1.165) is 0 Å². The molecule has 0 N–H and O–H groups in total. The van der Waals surface area contributed by atoms with Gasteiger partial charge in [0.25, 0.3) is 16.8 Å². The summed E-state index contributed by atoms with van der Waals surface area (Å²) in [5.74, 6) is -3.52. The molecule has 1 saturated carbocycles. The van der Waals surface area contributed by atoms with Gasteiger partial charge in [0.05, 0.1) is 6.42 Å². The number of carbonyl (C=O) groups is 1. The molecule has 1 nitrogen and oxygen atoms in total. The fraction of sp³-hybridized carbons (Fsp3) is 0.750. The van der Waals surface area contributed by atoms with Crippen LogP contribution in [0, 0.1) is 0 Å². The zero-order chi connectivity index (χ0) is 7.28. The van der Waals surface area contributed by atoms with Crippen LogP contribution in [0.3, 0.4) is 0 Å². The zero-order valence-corrected chi connectivity index (χ0v) is 4.88. The largest absolute Gasteiger partial charge is 0.293 e. The quantitative estimate of drug-likeness (QED) is 0.529. The fourth-order valence-electron chi connectivity index (χ4n) is 0.475. The van der Waals surface area contributed by atoms with Gasteiger partial charge in [-0.15, -0.1) is 0 Å². The van der Waals surface area contributed by atoms with E-state index in [1.807, 2.05) is 0 Å². The SMILES string of the molecule is O=C(Cl)C1(F)CC1(F)F. The molecule has 1 aliphatic carbocycles. The first-order chi connectivity index (χ1) is 3.90. The number of carbonyl (C=O) groups excluding carboxylic acids is 1. The third kappa shape index (κ3) is 0.729. The minimum atomic E-state index is -3.52. The number of hydrogen-bond donors (Lipinski definition) is 0. The lowest BCUT2D eigenvalue weighted by molar-refractivity contribution is -0.121. The number of halogens is 4. The molecule has 0 aromatic carbocycles. The second-order valence-electron chi connectivity index (χ2n) is 1.96. The van der Waals surface area contributed by atoms with Crippen LogP contribution in [0.2, 0.25) is 0 Å². The molecule has 0 radical (unpaired) electrons. The van der Waals surface area contributed by atoms with Crippen LogP contribution in [0.25, 0.3) is 0 Å². The molecule has 1 aliphatic rings. The lowest BCUT2D eigenvalue weighted by Gasteiger charge is -1.95. The minimum Gasteiger partial charge on any atom is -0.277 e. The van der Waals surface area contributed by atoms with E-state index in [4.69, 9.17) is 0 Å². The maximum absolute atomic E-state index is 12.2. The lowest BCUT2D eigenvalue weighted by atomic mass is 10.4. The van der Waals surface area contributed by atoms with Gasteiger partial charge in [0.15, 0.2) is 0 Å². The third-order valence-electron chi connectivity index (χ3n) is 1.23. The molecule has 1 unspecified atom stereocenters. The predicted molar refractivity (Wildman–Crippen MR) is 24.3 cm³/mol. The van der Waals surface area contributed by atoms with E-state index in [-0.39, 0.29) is 0 Å². The van der Waals surface area contributed by atoms with Gasteiger partial charge >= 0.3 is 0 Å². The van der Waals surface area contributed by atoms with Crippen molar-refractivity contribution in [1.29, 1.82) is 0 Å². The molecule has 1 atom stereocenters. The van der Waals surface area contributed by atoms with Crippen LogP contribution < -0.4 is 0 Å². The Morgan fingerprint density at radius 3 is 1.78 bits per heavy atom. The first kappa shape index (κ1) is 6.86. The van der Waals surface area contributed by atoms with Crippen molar-refractivity contribution in [2.24, 2.45) is 0 Å². The van der Waals surface area contributed by atoms with Crippen molar-refractivity contribution >= 4 is 16.8 Å². The molecular formula is C4H2ClF3O. The van der Waals surface area contributed by atoms with Gasteiger partial charge < -0.3 is 0 Å². The third-order valence-corrected chi connectivity index (χ3v) is 1.53. The van der Waals surface area contributed by atoms with Crippen LogP contribution in [-0.4, -0.2) is 16.8 Å². The highest BCUT2D eigenvalue weighted by atomic mass is 35.5. The van der Waals surface area contributed by atoms with Crippen LogP contribution in [0.4, 0.5) is 13.2 Å². The average molecular weight is 159 g/mol. The maximum atomic E-state index is 12.2. The molecule has 9 heavy (non-hydrogen) atoms. The predicted octanol–water partition coefficient (Wildman–Crippen LogP) is 1.50. The Morgan fingerprint density at radius 2 is 1.78 bits per heavy atom. The van der Waals surface area contributed by atoms with E-state index >= 15 is 0 Å². The van der Waals surface area contributed by atoms with Crippen LogP contribution in [0.15, 0.2) is 0 Å². The summed E-state index contributed by atoms with van der Waals surface area (Å²) in [6.45, 7) is 0. The second kappa shape index (κ2) is 1.42. The molecule has 0 bridgehead atoms. The summed E-state index contributed by atoms with van der Waals surface area (Å²) in [7, 11) is 0. The summed E-state index contributed by atoms with van der Waals surface area (Å²) in [6.07, 6.45) is -1.07. The molecule has 1 fully saturated rings. The van der Waals surface area contributed by atoms with E-state index < -0.39 is 23.3 Å². The van der Waals surface area contributed by atoms with Gasteiger partial charge in [0.2, 0.25) is 0 Å². The molecule has 0 aromatic heterocycles. The normalized spacial score (nSPS) is 38.2. The van der Waals surface area contributed by atoms with E-state index in [0.29, 0.717) is 0 Å². The monoisotopic (exact) mass is 158 g/mol. The van der Waals surface area contributed by atoms with Crippen molar-refractivity contribution in [2.75, 3.05) is 0 Å². The van der Waals surface area contributed by atoms with E-state index in [2.05, 4.69) is 11.6 Å². The van der Waals surface area contributed by atoms with Crippen LogP contribution in [0.1, 0.15) is 6.42 Å². The van der Waals surface area contributed by atoms with Crippen molar-refractivity contribution in [1.82, 2.24) is 0 Å². The number of rotatable bonds is 1. The van der Waals surface area contributed by atoms with Crippen molar-refractivity contribution < 1.29 is 18.0 Å². The Bertz CT molecular complexity index is 169. The van der Waals surface area contributed by atoms with Gasteiger partial charge in [-0.25, -0.2) is 13.2 Å². The molecule has 5 heteroatoms. The first-order valence-corrected chi connectivity index (χ1v) is 2.55. The van der Waals surface area contributed by atoms with Crippen LogP contribution >= 0.6 is 11.6 Å². The fourth-order valence-corrected chi connectivity index (χ4v) is 0.680. The summed E-state index contributed by atoms with van der Waals surface area (Å²) in [6, 6.07) is 0. The van der Waals surface area contributed by atoms with Crippen molar-refractivity contribution in [3.05, 3.63) is 0 Å². The lowest BCUT2D eigenvalue weighted by Crippen LogP contribution is -2.19. The summed E-state index contributed by atoms with van der Waals surface area (Å²) in [5, 5.41) is -1.60. The number of alkyl halides is 3. The molecular weight excluding hydrogens is 156 g/mol. The van der Waals surface area contributed by atoms with Crippen LogP contribution in [-0.2, 0) is 4.79 Å². The van der Waals surface area contributed by atoms with Crippen molar-refractivity contribution in [3.8, 4) is 0 Å². The van der Waals surface area contributed by atoms with Gasteiger partial charge in [-0.2, -0.15) is 0 Å². The second-order valence-corrected chi connectivity index (χ2v) is 2.30. The summed E-state index contributed by atoms with van der Waals surface area (Å²) >= 11 is 4.51. The molecule has 0 aromatic rings. The Kier molecular flexibility index (Phi) is 1.09. The van der Waals surface area contributed by atoms with Gasteiger partial charge in [0, 0.05) is 0 Å². The molecule has 52 valence electrons. The molecule has 0 heterocycles. The molecule has 0 saturated heterocycles. The molecule has 1 rings (SSSR count). The summed E-state index contributed by atoms with van der Waals surface area (Å²) in [5.41, 5.74) is -3.06. The van der Waals surface area contributed by atoms with Gasteiger partial charge in [-0.05, 0) is 11.6 Å². The molecule has 0 aliphatic heterocycles. The maximum Gasteiger partial charge on any atom is 0.293 e. The molecule has 0 amide bonds. The smallest absolute Gasteiger partial charge is 0.277 e. The Morgan fingerprint density at radius 1 is 1.44 bits per heavy atom. The van der Waals surface area contributed by atoms with Crippen molar-refractivity contribution in [2.45, 2.75) is 18.0 Å². The average Bonchev–Trinajstić information content (AvgIpc) is 2.08. The Labute approximate surface area is 53.8 Å². The van der Waals surface area contributed by atoms with E-state index in [9.17, 15) is 18.0 Å². The topological polar surface area (TPSA) is 17.1 Å². The van der Waals surface area contributed by atoms with Crippen LogP contribution in [0.5, 0.6) is 0 Å². The first-order valence-electron chi connectivity index (χ1n) is 2.17. The zero-order valence-electron chi connectivity index (χ0n) is 4.13. The summed E-state index contributed by atoms with van der Waals surface area (Å²) in [4.78, 5) is 9.85. The Hall–Kier alpha value is -0.250. The van der Waals surface area contributed by atoms with Crippen molar-refractivity contribution in [3.63, 3.8) is 0 Å². The summed E-state index contributed by atoms with van der Waals surface area (Å²) < 4.78 is 35.7. The highest BCUT2D eigenvalue weighted by molar-refractivity contribution is 6.66. The number of hydrogen-bond acceptors (Lipinski definition) is 1. The minimum absolute atomic E-state index is 1.07. The Balaban J connectivity index is 2.74. The molecule has 0 spiro atoms. The van der Waals surface area contributed by atoms with E-state index in [1.54, 1.807) is 0 Å². The van der Waals surface area contributed by atoms with Gasteiger partial charge in [-0.1, -0.05) is 0 Å². The standard InChI is InChI=1S/C4H2ClF3O/c5-2(9)3(6)1-4(3,7)8/h1H2. The highest BCUT2D eigenvalue weighted by Gasteiger charge is 2.77. The highest BCUT2D eigenvalue weighted by Crippen LogP contribution is 2.56.